The molecule has 1 atom stereocenters. The van der Waals surface area contributed by atoms with E-state index in [1.165, 1.54) is 29.2 Å². The van der Waals surface area contributed by atoms with E-state index in [1.807, 2.05) is 49.3 Å². The van der Waals surface area contributed by atoms with Gasteiger partial charge in [0, 0.05) is 18.7 Å². The molecule has 6 heteroatoms. The van der Waals surface area contributed by atoms with Crippen molar-refractivity contribution in [2.45, 2.75) is 6.04 Å². The molecule has 1 aliphatic heterocycles. The van der Waals surface area contributed by atoms with Crippen LogP contribution in [0.25, 0.3) is 5.76 Å². The number of halogens is 1. The predicted molar refractivity (Wildman–Crippen MR) is 100 cm³/mol. The number of likely N-dealkylation sites (N-methyl/N-ethyl adjacent to an activating group) is 1. The molecule has 1 heterocycles. The molecule has 3 rings (SSSR count). The average Bonchev–Trinajstić information content (AvgIpc) is 2.91. The standard InChI is InChI=1S/C21H21FN2O3/c1-23(2)12-13-24-18(14-6-4-3-5-7-14)17(20(26)21(24)27)19(25)15-8-10-16(22)11-9-15/h3-11,18,25H,12-13H2,1-2H3. The first kappa shape index (κ1) is 18.8. The van der Waals surface area contributed by atoms with Crippen molar-refractivity contribution in [2.75, 3.05) is 27.2 Å². The van der Waals surface area contributed by atoms with E-state index in [2.05, 4.69) is 0 Å². The molecule has 1 amide bonds. The number of hydrogen-bond donors (Lipinski definition) is 1. The average molecular weight is 368 g/mol. The minimum Gasteiger partial charge on any atom is -0.507 e. The molecule has 0 spiro atoms. The minimum absolute atomic E-state index is 0.0246. The number of carbonyl (C=O) groups is 2. The maximum Gasteiger partial charge on any atom is 0.295 e. The van der Waals surface area contributed by atoms with Crippen LogP contribution in [-0.2, 0) is 9.59 Å². The molecule has 1 saturated heterocycles. The Morgan fingerprint density at radius 2 is 1.70 bits per heavy atom. The fourth-order valence-corrected chi connectivity index (χ4v) is 3.16. The third kappa shape index (κ3) is 3.75. The molecule has 2 aromatic carbocycles. The molecule has 1 fully saturated rings. The maximum atomic E-state index is 13.2. The second kappa shape index (κ2) is 7.72. The molecule has 0 aromatic heterocycles. The lowest BCUT2D eigenvalue weighted by atomic mass is 9.95. The predicted octanol–water partition coefficient (Wildman–Crippen LogP) is 2.81. The van der Waals surface area contributed by atoms with Crippen molar-refractivity contribution >= 4 is 17.4 Å². The summed E-state index contributed by atoms with van der Waals surface area (Å²) in [4.78, 5) is 28.8. The highest BCUT2D eigenvalue weighted by Crippen LogP contribution is 2.39. The largest absolute Gasteiger partial charge is 0.507 e. The highest BCUT2D eigenvalue weighted by atomic mass is 19.1. The van der Waals surface area contributed by atoms with Gasteiger partial charge in [0.05, 0.1) is 11.6 Å². The van der Waals surface area contributed by atoms with Crippen LogP contribution in [0.1, 0.15) is 17.2 Å². The Labute approximate surface area is 157 Å². The molecule has 1 aliphatic rings. The van der Waals surface area contributed by atoms with E-state index in [1.54, 1.807) is 0 Å². The van der Waals surface area contributed by atoms with Crippen LogP contribution < -0.4 is 0 Å². The Balaban J connectivity index is 2.12. The quantitative estimate of drug-likeness (QED) is 0.501. The number of aliphatic hydroxyl groups is 1. The van der Waals surface area contributed by atoms with Gasteiger partial charge in [-0.15, -0.1) is 0 Å². The summed E-state index contributed by atoms with van der Waals surface area (Å²) in [5, 5.41) is 10.8. The summed E-state index contributed by atoms with van der Waals surface area (Å²) in [5.41, 5.74) is 1.05. The zero-order valence-electron chi connectivity index (χ0n) is 15.2. The number of benzene rings is 2. The minimum atomic E-state index is -0.732. The Kier molecular flexibility index (Phi) is 5.37. The molecule has 5 nitrogen and oxygen atoms in total. The van der Waals surface area contributed by atoms with Crippen molar-refractivity contribution in [1.29, 1.82) is 0 Å². The van der Waals surface area contributed by atoms with Gasteiger partial charge in [0.2, 0.25) is 0 Å². The number of hydrogen-bond acceptors (Lipinski definition) is 4. The first-order valence-electron chi connectivity index (χ1n) is 8.64. The topological polar surface area (TPSA) is 60.9 Å². The van der Waals surface area contributed by atoms with Crippen molar-refractivity contribution in [1.82, 2.24) is 9.80 Å². The molecule has 1 unspecified atom stereocenters. The highest BCUT2D eigenvalue weighted by molar-refractivity contribution is 6.46. The fraction of sp³-hybridized carbons (Fsp3) is 0.238. The lowest BCUT2D eigenvalue weighted by molar-refractivity contribution is -0.140. The van der Waals surface area contributed by atoms with Gasteiger partial charge >= 0.3 is 0 Å². The van der Waals surface area contributed by atoms with E-state index >= 15 is 0 Å². The molecule has 0 bridgehead atoms. The van der Waals surface area contributed by atoms with E-state index < -0.39 is 23.5 Å². The first-order chi connectivity index (χ1) is 12.9. The van der Waals surface area contributed by atoms with Crippen molar-refractivity contribution in [2.24, 2.45) is 0 Å². The first-order valence-corrected chi connectivity index (χ1v) is 8.64. The van der Waals surface area contributed by atoms with Gasteiger partial charge in [0.25, 0.3) is 11.7 Å². The summed E-state index contributed by atoms with van der Waals surface area (Å²) in [7, 11) is 3.76. The molecule has 0 radical (unpaired) electrons. The lowest BCUT2D eigenvalue weighted by Crippen LogP contribution is -2.35. The van der Waals surface area contributed by atoms with Gasteiger partial charge in [-0.2, -0.15) is 0 Å². The molecular weight excluding hydrogens is 347 g/mol. The van der Waals surface area contributed by atoms with E-state index in [9.17, 15) is 19.1 Å². The van der Waals surface area contributed by atoms with E-state index in [-0.39, 0.29) is 11.3 Å². The van der Waals surface area contributed by atoms with Crippen molar-refractivity contribution < 1.29 is 19.1 Å². The smallest absolute Gasteiger partial charge is 0.295 e. The van der Waals surface area contributed by atoms with E-state index in [4.69, 9.17) is 0 Å². The third-order valence-electron chi connectivity index (χ3n) is 4.56. The van der Waals surface area contributed by atoms with Gasteiger partial charge < -0.3 is 14.9 Å². The second-order valence-electron chi connectivity index (χ2n) is 6.71. The molecule has 2 aromatic rings. The molecule has 27 heavy (non-hydrogen) atoms. The van der Waals surface area contributed by atoms with Gasteiger partial charge in [0.1, 0.15) is 11.6 Å². The van der Waals surface area contributed by atoms with Crippen LogP contribution in [0.15, 0.2) is 60.2 Å². The van der Waals surface area contributed by atoms with Gasteiger partial charge in [-0.3, -0.25) is 9.59 Å². The van der Waals surface area contributed by atoms with Crippen LogP contribution in [0.4, 0.5) is 4.39 Å². The highest BCUT2D eigenvalue weighted by Gasteiger charge is 2.45. The number of carbonyl (C=O) groups excluding carboxylic acids is 2. The van der Waals surface area contributed by atoms with Gasteiger partial charge in [-0.05, 0) is 43.9 Å². The molecular formula is C21H21FN2O3. The van der Waals surface area contributed by atoms with Gasteiger partial charge in [-0.1, -0.05) is 30.3 Å². The lowest BCUT2D eigenvalue weighted by Gasteiger charge is -2.26. The van der Waals surface area contributed by atoms with Crippen LogP contribution in [0.2, 0.25) is 0 Å². The Hall–Kier alpha value is -2.99. The summed E-state index contributed by atoms with van der Waals surface area (Å²) in [6, 6.07) is 13.6. The monoisotopic (exact) mass is 368 g/mol. The fourth-order valence-electron chi connectivity index (χ4n) is 3.16. The number of likely N-dealkylation sites (tertiary alicyclic amines) is 1. The zero-order chi connectivity index (χ0) is 19.6. The number of Topliss-reactive ketones (excluding diaryl/α,β-unsaturated/α-hetero) is 1. The van der Waals surface area contributed by atoms with Crippen LogP contribution in [0.5, 0.6) is 0 Å². The Morgan fingerprint density at radius 3 is 2.30 bits per heavy atom. The number of rotatable bonds is 5. The Morgan fingerprint density at radius 1 is 1.07 bits per heavy atom. The summed E-state index contributed by atoms with van der Waals surface area (Å²) in [6.45, 7) is 0.921. The Bertz CT molecular complexity index is 876. The van der Waals surface area contributed by atoms with E-state index in [0.29, 0.717) is 18.7 Å². The zero-order valence-corrected chi connectivity index (χ0v) is 15.2. The van der Waals surface area contributed by atoms with Crippen molar-refractivity contribution in [3.8, 4) is 0 Å². The SMILES string of the molecule is CN(C)CCN1C(=O)C(=O)C(=C(O)c2ccc(F)cc2)C1c1ccccc1. The van der Waals surface area contributed by atoms with Gasteiger partial charge in [0.15, 0.2) is 0 Å². The number of aliphatic hydroxyl groups excluding tert-OH is 1. The van der Waals surface area contributed by atoms with Gasteiger partial charge in [-0.25, -0.2) is 4.39 Å². The summed E-state index contributed by atoms with van der Waals surface area (Å²) in [5.74, 6) is -2.12. The molecule has 0 saturated carbocycles. The van der Waals surface area contributed by atoms with Crippen LogP contribution in [0, 0.1) is 5.82 Å². The van der Waals surface area contributed by atoms with Crippen LogP contribution in [-0.4, -0.2) is 53.8 Å². The number of amides is 1. The summed E-state index contributed by atoms with van der Waals surface area (Å²) < 4.78 is 13.2. The molecule has 140 valence electrons. The normalized spacial score (nSPS) is 19.1. The second-order valence-corrected chi connectivity index (χ2v) is 6.71. The molecule has 1 N–H and O–H groups in total. The van der Waals surface area contributed by atoms with Crippen LogP contribution >= 0.6 is 0 Å². The summed E-state index contributed by atoms with van der Waals surface area (Å²) >= 11 is 0. The van der Waals surface area contributed by atoms with Crippen LogP contribution in [0.3, 0.4) is 0 Å². The maximum absolute atomic E-state index is 13.2. The molecule has 0 aliphatic carbocycles. The number of nitrogens with zero attached hydrogens (tertiary/aromatic N) is 2. The van der Waals surface area contributed by atoms with Crippen molar-refractivity contribution in [3.05, 3.63) is 77.1 Å². The summed E-state index contributed by atoms with van der Waals surface area (Å²) in [6.07, 6.45) is 0. The van der Waals surface area contributed by atoms with E-state index in [0.717, 1.165) is 5.56 Å². The van der Waals surface area contributed by atoms with Crippen molar-refractivity contribution in [3.63, 3.8) is 0 Å². The number of ketones is 1. The third-order valence-corrected chi connectivity index (χ3v) is 4.56.